The quantitative estimate of drug-likeness (QED) is 0.790. The summed E-state index contributed by atoms with van der Waals surface area (Å²) in [6.45, 7) is 9.85. The van der Waals surface area contributed by atoms with Crippen LogP contribution in [0, 0.1) is 23.1 Å². The molecule has 2 rings (SSSR count). The molecule has 0 radical (unpaired) electrons. The smallest absolute Gasteiger partial charge is 0.350 e. The second-order valence-corrected chi connectivity index (χ2v) is 7.24. The van der Waals surface area contributed by atoms with E-state index in [2.05, 4.69) is 18.9 Å². The van der Waals surface area contributed by atoms with Gasteiger partial charge in [-0.2, -0.15) is 9.94 Å². The Morgan fingerprint density at radius 3 is 2.42 bits per heavy atom. The number of nitrogens with zero attached hydrogens (tertiary/aromatic N) is 4. The lowest BCUT2D eigenvalue weighted by molar-refractivity contribution is 0.192. The third-order valence-electron chi connectivity index (χ3n) is 4.06. The molecule has 140 valence electrons. The Bertz CT molecular complexity index is 890. The Morgan fingerprint density at radius 2 is 1.92 bits per heavy atom. The summed E-state index contributed by atoms with van der Waals surface area (Å²) in [5.41, 5.74) is -0.378. The van der Waals surface area contributed by atoms with E-state index in [1.54, 1.807) is 7.05 Å². The van der Waals surface area contributed by atoms with E-state index >= 15 is 0 Å². The summed E-state index contributed by atoms with van der Waals surface area (Å²) < 4.78 is 22.8. The fraction of sp³-hybridized carbons (Fsp3) is 0.526. The molecule has 0 aliphatic heterocycles. The van der Waals surface area contributed by atoms with Gasteiger partial charge in [-0.3, -0.25) is 4.57 Å². The number of benzene rings is 1. The molecular weight excluding hydrogens is 335 g/mol. The molecule has 1 atom stereocenters. The van der Waals surface area contributed by atoms with Crippen LogP contribution in [0.3, 0.4) is 0 Å². The van der Waals surface area contributed by atoms with Crippen molar-refractivity contribution in [1.29, 1.82) is 5.26 Å². The fourth-order valence-electron chi connectivity index (χ4n) is 2.93. The molecule has 7 heteroatoms. The predicted molar refractivity (Wildman–Crippen MR) is 97.1 cm³/mol. The summed E-state index contributed by atoms with van der Waals surface area (Å²) in [7, 11) is 1.60. The van der Waals surface area contributed by atoms with E-state index in [1.165, 1.54) is 10.6 Å². The largest absolute Gasteiger partial charge is 0.489 e. The Morgan fingerprint density at radius 1 is 1.27 bits per heavy atom. The summed E-state index contributed by atoms with van der Waals surface area (Å²) in [6.07, 6.45) is 0.644. The van der Waals surface area contributed by atoms with Crippen molar-refractivity contribution in [2.24, 2.45) is 13.0 Å². The molecule has 6 nitrogen and oxygen atoms in total. The first-order valence-corrected chi connectivity index (χ1v) is 8.72. The van der Waals surface area contributed by atoms with Crippen molar-refractivity contribution in [3.63, 3.8) is 0 Å². The Labute approximate surface area is 152 Å². The Hall–Kier alpha value is -2.62. The number of ether oxygens (including phenoxy) is 1. The van der Waals surface area contributed by atoms with Crippen molar-refractivity contribution in [3.8, 4) is 17.5 Å². The first kappa shape index (κ1) is 19.7. The van der Waals surface area contributed by atoms with Gasteiger partial charge in [0.25, 0.3) is 0 Å². The molecule has 1 heterocycles. The van der Waals surface area contributed by atoms with Gasteiger partial charge >= 0.3 is 5.69 Å². The molecular formula is C19H25FN4O2. The standard InChI is InChI=1S/C19H25FN4O2/c1-11(2)7-13(5)26-17-9-16(15(20)8-14(17)10-21)24-19(25)23(6)18(22-24)12(3)4/h8-9,11-13H,7H2,1-6H3/t13-/m0/s1. The van der Waals surface area contributed by atoms with Crippen LogP contribution in [0.2, 0.25) is 0 Å². The molecule has 0 unspecified atom stereocenters. The first-order valence-electron chi connectivity index (χ1n) is 8.72. The molecule has 0 aliphatic carbocycles. The molecule has 0 saturated carbocycles. The summed E-state index contributed by atoms with van der Waals surface area (Å²) in [4.78, 5) is 12.5. The van der Waals surface area contributed by atoms with Crippen molar-refractivity contribution in [1.82, 2.24) is 14.3 Å². The number of hydrogen-bond donors (Lipinski definition) is 0. The molecule has 1 aromatic carbocycles. The summed E-state index contributed by atoms with van der Waals surface area (Å²) in [6, 6.07) is 4.41. The monoisotopic (exact) mass is 360 g/mol. The normalized spacial score (nSPS) is 12.5. The minimum Gasteiger partial charge on any atom is -0.489 e. The van der Waals surface area contributed by atoms with Crippen molar-refractivity contribution in [2.45, 2.75) is 53.1 Å². The highest BCUT2D eigenvalue weighted by molar-refractivity contribution is 5.51. The highest BCUT2D eigenvalue weighted by Crippen LogP contribution is 2.26. The molecule has 0 fully saturated rings. The van der Waals surface area contributed by atoms with Crippen LogP contribution in [0.1, 0.15) is 58.3 Å². The van der Waals surface area contributed by atoms with Gasteiger partial charge in [-0.15, -0.1) is 5.10 Å². The van der Waals surface area contributed by atoms with Crippen LogP contribution in [-0.2, 0) is 7.05 Å². The maximum atomic E-state index is 14.6. The Kier molecular flexibility index (Phi) is 5.86. The average molecular weight is 360 g/mol. The van der Waals surface area contributed by atoms with Crippen LogP contribution in [0.4, 0.5) is 4.39 Å². The highest BCUT2D eigenvalue weighted by atomic mass is 19.1. The second kappa shape index (κ2) is 7.73. The lowest BCUT2D eigenvalue weighted by Crippen LogP contribution is -2.23. The molecule has 26 heavy (non-hydrogen) atoms. The van der Waals surface area contributed by atoms with Crippen LogP contribution in [0.15, 0.2) is 16.9 Å². The van der Waals surface area contributed by atoms with Crippen LogP contribution in [-0.4, -0.2) is 20.5 Å². The zero-order chi connectivity index (χ0) is 19.6. The lowest BCUT2D eigenvalue weighted by Gasteiger charge is -2.18. The van der Waals surface area contributed by atoms with Crippen LogP contribution >= 0.6 is 0 Å². The lowest BCUT2D eigenvalue weighted by atomic mass is 10.1. The van der Waals surface area contributed by atoms with Gasteiger partial charge in [0.15, 0.2) is 5.82 Å². The molecule has 0 bridgehead atoms. The van der Waals surface area contributed by atoms with E-state index in [1.807, 2.05) is 26.8 Å². The van der Waals surface area contributed by atoms with E-state index in [4.69, 9.17) is 4.74 Å². The molecule has 2 aromatic rings. The van der Waals surface area contributed by atoms with Crippen LogP contribution in [0.25, 0.3) is 5.69 Å². The van der Waals surface area contributed by atoms with Crippen molar-refractivity contribution >= 4 is 0 Å². The van der Waals surface area contributed by atoms with Gasteiger partial charge in [0, 0.05) is 19.0 Å². The minimum atomic E-state index is -0.694. The van der Waals surface area contributed by atoms with Gasteiger partial charge in [0.05, 0.1) is 11.7 Å². The van der Waals surface area contributed by atoms with Crippen LogP contribution < -0.4 is 10.4 Å². The minimum absolute atomic E-state index is 0.0113. The average Bonchev–Trinajstić information content (AvgIpc) is 2.84. The van der Waals surface area contributed by atoms with Gasteiger partial charge in [0.2, 0.25) is 0 Å². The third-order valence-corrected chi connectivity index (χ3v) is 4.06. The molecule has 0 aliphatic rings. The van der Waals surface area contributed by atoms with Gasteiger partial charge in [0.1, 0.15) is 23.3 Å². The molecule has 0 saturated heterocycles. The number of halogens is 1. The highest BCUT2D eigenvalue weighted by Gasteiger charge is 2.20. The Balaban J connectivity index is 2.54. The maximum absolute atomic E-state index is 14.6. The van der Waals surface area contributed by atoms with E-state index in [0.29, 0.717) is 11.7 Å². The number of hydrogen-bond acceptors (Lipinski definition) is 4. The SMILES string of the molecule is CC(C)C[C@H](C)Oc1cc(-n2nc(C(C)C)n(C)c2=O)c(F)cc1C#N. The maximum Gasteiger partial charge on any atom is 0.350 e. The molecule has 0 N–H and O–H groups in total. The zero-order valence-corrected chi connectivity index (χ0v) is 16.1. The summed E-state index contributed by atoms with van der Waals surface area (Å²) in [5.74, 6) is 0.538. The van der Waals surface area contributed by atoms with Gasteiger partial charge in [-0.05, 0) is 25.3 Å². The van der Waals surface area contributed by atoms with E-state index in [9.17, 15) is 14.4 Å². The number of nitriles is 1. The van der Waals surface area contributed by atoms with Crippen LogP contribution in [0.5, 0.6) is 5.75 Å². The van der Waals surface area contributed by atoms with Crippen molar-refractivity contribution < 1.29 is 9.13 Å². The molecule has 0 spiro atoms. The zero-order valence-electron chi connectivity index (χ0n) is 16.1. The van der Waals surface area contributed by atoms with Gasteiger partial charge in [-0.1, -0.05) is 27.7 Å². The summed E-state index contributed by atoms with van der Waals surface area (Å²) >= 11 is 0. The van der Waals surface area contributed by atoms with Crippen molar-refractivity contribution in [2.75, 3.05) is 0 Å². The van der Waals surface area contributed by atoms with Gasteiger partial charge in [-0.25, -0.2) is 9.18 Å². The fourth-order valence-corrected chi connectivity index (χ4v) is 2.93. The van der Waals surface area contributed by atoms with Gasteiger partial charge < -0.3 is 4.74 Å². The van der Waals surface area contributed by atoms with E-state index in [0.717, 1.165) is 17.2 Å². The molecule has 0 amide bonds. The van der Waals surface area contributed by atoms with E-state index in [-0.39, 0.29) is 29.0 Å². The number of rotatable bonds is 6. The summed E-state index contributed by atoms with van der Waals surface area (Å²) in [5, 5.41) is 13.5. The number of aromatic nitrogens is 3. The third kappa shape index (κ3) is 3.96. The second-order valence-electron chi connectivity index (χ2n) is 7.24. The predicted octanol–water partition coefficient (Wildman–Crippen LogP) is 3.52. The van der Waals surface area contributed by atoms with E-state index < -0.39 is 11.5 Å². The topological polar surface area (TPSA) is 72.8 Å². The first-order chi connectivity index (χ1) is 12.1. The molecule has 1 aromatic heterocycles. The van der Waals surface area contributed by atoms with Crippen molar-refractivity contribution in [3.05, 3.63) is 39.8 Å².